The van der Waals surface area contributed by atoms with E-state index >= 15 is 0 Å². The number of piperazine rings is 1. The van der Waals surface area contributed by atoms with Crippen molar-refractivity contribution in [1.82, 2.24) is 15.1 Å². The van der Waals surface area contributed by atoms with E-state index in [9.17, 15) is 9.18 Å². The minimum atomic E-state index is -0.170. The molecule has 0 aromatic heterocycles. The zero-order valence-electron chi connectivity index (χ0n) is 16.2. The largest absolute Gasteiger partial charge is 0.338 e. The van der Waals surface area contributed by atoms with Crippen molar-refractivity contribution < 1.29 is 9.18 Å². The maximum atomic E-state index is 13.1. The fourth-order valence-electron chi connectivity index (χ4n) is 3.57. The third-order valence-corrected chi connectivity index (χ3v) is 5.08. The van der Waals surface area contributed by atoms with Gasteiger partial charge in [-0.15, -0.1) is 12.4 Å². The molecular formula is C20H33ClFN3O. The Morgan fingerprint density at radius 2 is 1.77 bits per heavy atom. The van der Waals surface area contributed by atoms with Gasteiger partial charge in [-0.2, -0.15) is 0 Å². The molecule has 6 heteroatoms. The topological polar surface area (TPSA) is 35.6 Å². The lowest BCUT2D eigenvalue weighted by atomic mass is 9.85. The van der Waals surface area contributed by atoms with Gasteiger partial charge in [0, 0.05) is 32.7 Å². The molecule has 0 bridgehead atoms. The molecule has 0 radical (unpaired) electrons. The number of nitrogens with one attached hydrogen (secondary N) is 1. The van der Waals surface area contributed by atoms with Gasteiger partial charge in [0.2, 0.25) is 0 Å². The van der Waals surface area contributed by atoms with Crippen molar-refractivity contribution in [2.75, 3.05) is 39.3 Å². The first-order valence-electron chi connectivity index (χ1n) is 9.51. The summed E-state index contributed by atoms with van der Waals surface area (Å²) in [5.41, 5.74) is 1.23. The normalized spacial score (nSPS) is 16.3. The molecule has 1 atom stereocenters. The molecular weight excluding hydrogens is 353 g/mol. The highest BCUT2D eigenvalue weighted by atomic mass is 35.5. The number of rotatable bonds is 7. The number of carbonyl (C=O) groups excluding carboxylic acids is 1. The van der Waals surface area contributed by atoms with Gasteiger partial charge in [0.15, 0.2) is 0 Å². The van der Waals surface area contributed by atoms with Crippen LogP contribution in [0.25, 0.3) is 0 Å². The van der Waals surface area contributed by atoms with E-state index in [1.165, 1.54) is 5.56 Å². The van der Waals surface area contributed by atoms with Gasteiger partial charge in [0.25, 0.3) is 0 Å². The average molecular weight is 386 g/mol. The van der Waals surface area contributed by atoms with Gasteiger partial charge >= 0.3 is 6.03 Å². The predicted molar refractivity (Wildman–Crippen MR) is 108 cm³/mol. The summed E-state index contributed by atoms with van der Waals surface area (Å²) in [6.45, 7) is 11.7. The summed E-state index contributed by atoms with van der Waals surface area (Å²) in [6.07, 6.45) is 2.24. The fourth-order valence-corrected chi connectivity index (χ4v) is 3.57. The average Bonchev–Trinajstić information content (AvgIpc) is 2.60. The summed E-state index contributed by atoms with van der Waals surface area (Å²) in [4.78, 5) is 16.2. The van der Waals surface area contributed by atoms with Gasteiger partial charge in [-0.3, -0.25) is 4.90 Å². The molecule has 148 valence electrons. The lowest BCUT2D eigenvalue weighted by Gasteiger charge is -2.35. The number of hydrogen-bond acceptors (Lipinski definition) is 2. The number of nitrogens with zero attached hydrogens (tertiary/aromatic N) is 2. The monoisotopic (exact) mass is 385 g/mol. The van der Waals surface area contributed by atoms with E-state index in [0.29, 0.717) is 18.4 Å². The minimum Gasteiger partial charge on any atom is -0.338 e. The Labute approximate surface area is 163 Å². The Kier molecular flexibility index (Phi) is 9.96. The van der Waals surface area contributed by atoms with Gasteiger partial charge in [0.05, 0.1) is 0 Å². The van der Waals surface area contributed by atoms with Crippen molar-refractivity contribution in [2.45, 2.75) is 39.5 Å². The number of hydrogen-bond donors (Lipinski definition) is 1. The lowest BCUT2D eigenvalue weighted by molar-refractivity contribution is 0.137. The van der Waals surface area contributed by atoms with E-state index in [2.05, 4.69) is 24.1 Å². The molecule has 0 spiro atoms. The zero-order valence-corrected chi connectivity index (χ0v) is 17.0. The lowest BCUT2D eigenvalue weighted by Crippen LogP contribution is -2.51. The number of halogens is 2. The van der Waals surface area contributed by atoms with Crippen molar-refractivity contribution in [3.05, 3.63) is 35.6 Å². The highest BCUT2D eigenvalue weighted by Gasteiger charge is 2.21. The van der Waals surface area contributed by atoms with E-state index in [1.54, 1.807) is 12.1 Å². The molecule has 1 saturated heterocycles. The Bertz CT molecular complexity index is 530. The van der Waals surface area contributed by atoms with Crippen LogP contribution in [0.5, 0.6) is 0 Å². The van der Waals surface area contributed by atoms with Gasteiger partial charge in [-0.1, -0.05) is 26.0 Å². The molecule has 1 fully saturated rings. The minimum absolute atomic E-state index is 0. The van der Waals surface area contributed by atoms with Crippen LogP contribution >= 0.6 is 12.4 Å². The summed E-state index contributed by atoms with van der Waals surface area (Å²) >= 11 is 0. The summed E-state index contributed by atoms with van der Waals surface area (Å²) in [7, 11) is 0. The van der Waals surface area contributed by atoms with E-state index in [4.69, 9.17) is 0 Å². The van der Waals surface area contributed by atoms with Crippen LogP contribution in [0.3, 0.4) is 0 Å². The molecule has 2 amide bonds. The molecule has 2 rings (SSSR count). The second kappa shape index (κ2) is 11.4. The van der Waals surface area contributed by atoms with Crippen LogP contribution < -0.4 is 5.32 Å². The van der Waals surface area contributed by atoms with E-state index in [1.807, 2.05) is 24.0 Å². The number of amides is 2. The molecule has 1 unspecified atom stereocenters. The highest BCUT2D eigenvalue weighted by Crippen LogP contribution is 2.29. The Morgan fingerprint density at radius 1 is 1.15 bits per heavy atom. The Hall–Kier alpha value is -1.33. The second-order valence-electron chi connectivity index (χ2n) is 7.21. The Morgan fingerprint density at radius 3 is 2.31 bits per heavy atom. The zero-order chi connectivity index (χ0) is 18.2. The fraction of sp³-hybridized carbons (Fsp3) is 0.650. The van der Waals surface area contributed by atoms with E-state index < -0.39 is 0 Å². The molecule has 1 aliphatic rings. The van der Waals surface area contributed by atoms with Crippen LogP contribution in [0, 0.1) is 11.7 Å². The summed E-state index contributed by atoms with van der Waals surface area (Å²) in [6, 6.07) is 7.02. The van der Waals surface area contributed by atoms with E-state index in [-0.39, 0.29) is 24.3 Å². The van der Waals surface area contributed by atoms with Gasteiger partial charge in [-0.25, -0.2) is 9.18 Å². The molecule has 0 saturated carbocycles. The van der Waals surface area contributed by atoms with Crippen LogP contribution in [0.2, 0.25) is 0 Å². The third-order valence-electron chi connectivity index (χ3n) is 5.08. The molecule has 1 aromatic carbocycles. The van der Waals surface area contributed by atoms with Crippen molar-refractivity contribution in [1.29, 1.82) is 0 Å². The smallest absolute Gasteiger partial charge is 0.317 e. The van der Waals surface area contributed by atoms with Crippen molar-refractivity contribution in [3.8, 4) is 0 Å². The van der Waals surface area contributed by atoms with Crippen molar-refractivity contribution in [3.63, 3.8) is 0 Å². The standard InChI is InChI=1S/C20H32FN3O.ClH/c1-4-22-20(25)24-14-12-23(13-15-24)11-5-6-19(16(2)3)17-7-9-18(21)10-8-17;/h7-10,16,19H,4-6,11-15H2,1-3H3,(H,22,25);1H. The number of benzene rings is 1. The third kappa shape index (κ3) is 6.76. The quantitative estimate of drug-likeness (QED) is 0.766. The summed E-state index contributed by atoms with van der Waals surface area (Å²) in [5, 5.41) is 2.86. The first-order chi connectivity index (χ1) is 12.0. The first kappa shape index (κ1) is 22.7. The van der Waals surface area contributed by atoms with Gasteiger partial charge < -0.3 is 10.2 Å². The van der Waals surface area contributed by atoms with Crippen LogP contribution in [-0.4, -0.2) is 55.1 Å². The molecule has 4 nitrogen and oxygen atoms in total. The first-order valence-corrected chi connectivity index (χ1v) is 9.51. The number of urea groups is 1. The second-order valence-corrected chi connectivity index (χ2v) is 7.21. The molecule has 0 aliphatic carbocycles. The maximum Gasteiger partial charge on any atom is 0.317 e. The van der Waals surface area contributed by atoms with Crippen molar-refractivity contribution >= 4 is 18.4 Å². The molecule has 1 aliphatic heterocycles. The Balaban J connectivity index is 0.00000338. The molecule has 1 N–H and O–H groups in total. The van der Waals surface area contributed by atoms with Gasteiger partial charge in [-0.05, 0) is 55.8 Å². The van der Waals surface area contributed by atoms with Gasteiger partial charge in [0.1, 0.15) is 5.82 Å². The predicted octanol–water partition coefficient (Wildman–Crippen LogP) is 4.11. The van der Waals surface area contributed by atoms with Crippen LogP contribution in [0.1, 0.15) is 45.1 Å². The summed E-state index contributed by atoms with van der Waals surface area (Å²) in [5.74, 6) is 0.841. The van der Waals surface area contributed by atoms with Crippen LogP contribution in [0.15, 0.2) is 24.3 Å². The van der Waals surface area contributed by atoms with Crippen LogP contribution in [-0.2, 0) is 0 Å². The summed E-state index contributed by atoms with van der Waals surface area (Å²) < 4.78 is 13.1. The van der Waals surface area contributed by atoms with Crippen LogP contribution in [0.4, 0.5) is 9.18 Å². The number of carbonyl (C=O) groups is 1. The molecule has 1 aromatic rings. The van der Waals surface area contributed by atoms with Crippen molar-refractivity contribution in [2.24, 2.45) is 5.92 Å². The van der Waals surface area contributed by atoms with E-state index in [0.717, 1.165) is 45.6 Å². The molecule has 1 heterocycles. The highest BCUT2D eigenvalue weighted by molar-refractivity contribution is 5.85. The maximum absolute atomic E-state index is 13.1. The molecule has 26 heavy (non-hydrogen) atoms. The SMILES string of the molecule is CCNC(=O)N1CCN(CCCC(c2ccc(F)cc2)C(C)C)CC1.Cl.